The molecular formula is C17H21N2OP. The third kappa shape index (κ3) is 2.80. The van der Waals surface area contributed by atoms with E-state index in [1.165, 1.54) is 22.0 Å². The minimum atomic E-state index is -0.433. The molecule has 0 saturated heterocycles. The van der Waals surface area contributed by atoms with Gasteiger partial charge in [0.05, 0.1) is 12.5 Å². The summed E-state index contributed by atoms with van der Waals surface area (Å²) in [6.45, 7) is 6.60. The number of rotatable bonds is 3. The highest BCUT2D eigenvalue weighted by Gasteiger charge is 2.26. The van der Waals surface area contributed by atoms with Crippen LogP contribution in [0.5, 0.6) is 5.75 Å². The molecule has 4 heteroatoms. The van der Waals surface area contributed by atoms with Crippen molar-refractivity contribution in [1.29, 1.82) is 0 Å². The van der Waals surface area contributed by atoms with Gasteiger partial charge in [-0.15, -0.1) is 0 Å². The number of nitrogens with zero attached hydrogens (tertiary/aromatic N) is 2. The molecule has 110 valence electrons. The largest absolute Gasteiger partial charge is 0.497 e. The van der Waals surface area contributed by atoms with E-state index >= 15 is 0 Å². The number of hydrogen-bond acceptors (Lipinski definition) is 3. The van der Waals surface area contributed by atoms with Gasteiger partial charge in [0.25, 0.3) is 0 Å². The maximum absolute atomic E-state index is 5.24. The monoisotopic (exact) mass is 300 g/mol. The second kappa shape index (κ2) is 5.73. The predicted octanol–water partition coefficient (Wildman–Crippen LogP) is 2.59. The average Bonchev–Trinajstić information content (AvgIpc) is 2.85. The SMILES string of the molecule is COc1ccc(P(C)c2nc(C)nc3c2CC(C)C3)cc1. The molecule has 3 nitrogen and oxygen atoms in total. The first-order valence-corrected chi connectivity index (χ1v) is 9.11. The Hall–Kier alpha value is -1.47. The van der Waals surface area contributed by atoms with Crippen LogP contribution >= 0.6 is 7.92 Å². The van der Waals surface area contributed by atoms with E-state index < -0.39 is 7.92 Å². The number of ether oxygens (including phenoxy) is 1. The standard InChI is InChI=1S/C17H21N2OP/c1-11-9-15-16(10-11)18-12(2)19-17(15)21(4)14-7-5-13(20-3)6-8-14/h5-8,11H,9-10H2,1-4H3. The molecule has 0 fully saturated rings. The predicted molar refractivity (Wildman–Crippen MR) is 88.4 cm³/mol. The Morgan fingerprint density at radius 2 is 1.86 bits per heavy atom. The Morgan fingerprint density at radius 3 is 2.52 bits per heavy atom. The van der Waals surface area contributed by atoms with Crippen molar-refractivity contribution in [2.24, 2.45) is 5.92 Å². The number of aromatic nitrogens is 2. The Bertz CT molecular complexity index is 655. The second-order valence-corrected chi connectivity index (χ2v) is 7.85. The van der Waals surface area contributed by atoms with E-state index in [0.717, 1.165) is 24.4 Å². The minimum Gasteiger partial charge on any atom is -0.497 e. The van der Waals surface area contributed by atoms with Crippen LogP contribution in [-0.4, -0.2) is 23.7 Å². The molecule has 2 unspecified atom stereocenters. The van der Waals surface area contributed by atoms with Gasteiger partial charge in [-0.1, -0.05) is 19.1 Å². The molecule has 1 heterocycles. The fourth-order valence-corrected chi connectivity index (χ4v) is 4.73. The maximum atomic E-state index is 5.24. The van der Waals surface area contributed by atoms with E-state index in [2.05, 4.69) is 30.7 Å². The molecule has 1 aromatic heterocycles. The van der Waals surface area contributed by atoms with Gasteiger partial charge >= 0.3 is 0 Å². The van der Waals surface area contributed by atoms with Gasteiger partial charge in [0.15, 0.2) is 0 Å². The molecule has 0 radical (unpaired) electrons. The Morgan fingerprint density at radius 1 is 1.14 bits per heavy atom. The normalized spacial score (nSPS) is 18.4. The molecule has 0 saturated carbocycles. The maximum Gasteiger partial charge on any atom is 0.126 e. The quantitative estimate of drug-likeness (QED) is 0.817. The van der Waals surface area contributed by atoms with Crippen LogP contribution in [0.25, 0.3) is 0 Å². The lowest BCUT2D eigenvalue weighted by Crippen LogP contribution is -2.21. The van der Waals surface area contributed by atoms with Crippen molar-refractivity contribution in [2.45, 2.75) is 26.7 Å². The highest BCUT2D eigenvalue weighted by molar-refractivity contribution is 7.72. The number of benzene rings is 1. The van der Waals surface area contributed by atoms with Crippen molar-refractivity contribution >= 4 is 18.7 Å². The van der Waals surface area contributed by atoms with Gasteiger partial charge in [0.2, 0.25) is 0 Å². The molecular weight excluding hydrogens is 279 g/mol. The molecule has 0 bridgehead atoms. The van der Waals surface area contributed by atoms with Gasteiger partial charge in [-0.25, -0.2) is 9.97 Å². The van der Waals surface area contributed by atoms with Crippen molar-refractivity contribution in [3.05, 3.63) is 41.3 Å². The van der Waals surface area contributed by atoms with Crippen LogP contribution in [0.1, 0.15) is 24.0 Å². The number of fused-ring (bicyclic) bond motifs is 1. The molecule has 1 aliphatic rings. The topological polar surface area (TPSA) is 35.0 Å². The molecule has 0 N–H and O–H groups in total. The van der Waals surface area contributed by atoms with Gasteiger partial charge in [-0.05, 0) is 57.7 Å². The van der Waals surface area contributed by atoms with Crippen molar-refractivity contribution < 1.29 is 4.74 Å². The lowest BCUT2D eigenvalue weighted by atomic mass is 10.1. The first-order valence-electron chi connectivity index (χ1n) is 7.32. The van der Waals surface area contributed by atoms with Gasteiger partial charge in [-0.3, -0.25) is 0 Å². The summed E-state index contributed by atoms with van der Waals surface area (Å²) in [6, 6.07) is 8.38. The molecule has 0 aliphatic heterocycles. The zero-order valence-electron chi connectivity index (χ0n) is 13.1. The summed E-state index contributed by atoms with van der Waals surface area (Å²) in [5.74, 6) is 2.50. The first-order chi connectivity index (χ1) is 10.1. The lowest BCUT2D eigenvalue weighted by Gasteiger charge is -2.16. The molecule has 21 heavy (non-hydrogen) atoms. The van der Waals surface area contributed by atoms with Crippen LogP contribution in [0, 0.1) is 12.8 Å². The van der Waals surface area contributed by atoms with Gasteiger partial charge in [0.1, 0.15) is 11.6 Å². The molecule has 2 aromatic rings. The van der Waals surface area contributed by atoms with Crippen LogP contribution in [0.4, 0.5) is 0 Å². The first kappa shape index (κ1) is 14.5. The number of methoxy groups -OCH3 is 1. The van der Waals surface area contributed by atoms with Crippen LogP contribution in [-0.2, 0) is 12.8 Å². The summed E-state index contributed by atoms with van der Waals surface area (Å²) in [7, 11) is 1.27. The summed E-state index contributed by atoms with van der Waals surface area (Å²) in [4.78, 5) is 9.43. The van der Waals surface area contributed by atoms with Crippen LogP contribution in [0.15, 0.2) is 24.3 Å². The molecule has 1 aromatic carbocycles. The minimum absolute atomic E-state index is 0.433. The third-order valence-corrected chi connectivity index (χ3v) is 6.13. The van der Waals surface area contributed by atoms with Crippen molar-refractivity contribution in [3.8, 4) is 5.75 Å². The molecule has 1 aliphatic carbocycles. The Kier molecular flexibility index (Phi) is 3.95. The van der Waals surface area contributed by atoms with Crippen LogP contribution < -0.4 is 15.5 Å². The smallest absolute Gasteiger partial charge is 0.126 e. The molecule has 3 rings (SSSR count). The summed E-state index contributed by atoms with van der Waals surface area (Å²) < 4.78 is 5.24. The summed E-state index contributed by atoms with van der Waals surface area (Å²) >= 11 is 0. The van der Waals surface area contributed by atoms with Gasteiger partial charge in [0, 0.05) is 11.3 Å². The van der Waals surface area contributed by atoms with Crippen LogP contribution in [0.2, 0.25) is 0 Å². The van der Waals surface area contributed by atoms with E-state index in [0.29, 0.717) is 5.92 Å². The van der Waals surface area contributed by atoms with Crippen molar-refractivity contribution in [1.82, 2.24) is 9.97 Å². The fraction of sp³-hybridized carbons (Fsp3) is 0.412. The van der Waals surface area contributed by atoms with Crippen molar-refractivity contribution in [3.63, 3.8) is 0 Å². The van der Waals surface area contributed by atoms with E-state index in [1.807, 2.05) is 19.1 Å². The zero-order valence-corrected chi connectivity index (χ0v) is 13.9. The molecule has 0 spiro atoms. The summed E-state index contributed by atoms with van der Waals surface area (Å²) in [5, 5.41) is 1.34. The van der Waals surface area contributed by atoms with Crippen molar-refractivity contribution in [2.75, 3.05) is 13.8 Å². The Labute approximate surface area is 127 Å². The summed E-state index contributed by atoms with van der Waals surface area (Å²) in [5.41, 5.74) is 3.94. The van der Waals surface area contributed by atoms with E-state index in [1.54, 1.807) is 7.11 Å². The molecule has 2 atom stereocenters. The van der Waals surface area contributed by atoms with E-state index in [4.69, 9.17) is 9.72 Å². The third-order valence-electron chi connectivity index (χ3n) is 4.05. The van der Waals surface area contributed by atoms with Crippen LogP contribution in [0.3, 0.4) is 0 Å². The highest BCUT2D eigenvalue weighted by Crippen LogP contribution is 2.34. The van der Waals surface area contributed by atoms with Gasteiger partial charge in [-0.2, -0.15) is 0 Å². The highest BCUT2D eigenvalue weighted by atomic mass is 31.1. The van der Waals surface area contributed by atoms with E-state index in [9.17, 15) is 0 Å². The van der Waals surface area contributed by atoms with E-state index in [-0.39, 0.29) is 0 Å². The average molecular weight is 300 g/mol. The number of aryl methyl sites for hydroxylation is 1. The molecule has 0 amide bonds. The summed E-state index contributed by atoms with van der Waals surface area (Å²) in [6.07, 6.45) is 2.21. The second-order valence-electron chi connectivity index (χ2n) is 5.79. The Balaban J connectivity index is 1.99. The number of hydrogen-bond donors (Lipinski definition) is 0. The zero-order chi connectivity index (χ0) is 15.0. The van der Waals surface area contributed by atoms with Gasteiger partial charge < -0.3 is 4.74 Å². The fourth-order valence-electron chi connectivity index (χ4n) is 2.97. The lowest BCUT2D eigenvalue weighted by molar-refractivity contribution is 0.415.